The maximum Gasteiger partial charge on any atom is 0.209 e. The molecule has 3 heteroatoms. The molecule has 0 saturated heterocycles. The second-order valence-corrected chi connectivity index (χ2v) is 9.71. The third-order valence-corrected chi connectivity index (χ3v) is 7.10. The van der Waals surface area contributed by atoms with Gasteiger partial charge in [-0.1, -0.05) is 67.9 Å². The van der Waals surface area contributed by atoms with Crippen molar-refractivity contribution in [2.45, 2.75) is 52.4 Å². The number of hydrogen-bond donors (Lipinski definition) is 0. The predicted octanol–water partition coefficient (Wildman–Crippen LogP) is 6.39. The van der Waals surface area contributed by atoms with Crippen molar-refractivity contribution in [1.29, 1.82) is 0 Å². The van der Waals surface area contributed by atoms with E-state index >= 15 is 0 Å². The molecule has 162 valence electrons. The highest BCUT2D eigenvalue weighted by Gasteiger charge is 2.43. The molecule has 0 unspecified atom stereocenters. The van der Waals surface area contributed by atoms with Crippen molar-refractivity contribution < 1.29 is 4.58 Å². The van der Waals surface area contributed by atoms with E-state index < -0.39 is 0 Å². The average Bonchev–Trinajstić information content (AvgIpc) is 3.14. The molecule has 0 bridgehead atoms. The van der Waals surface area contributed by atoms with Crippen LogP contribution in [-0.2, 0) is 10.8 Å². The monoisotopic (exact) mass is 421 g/mol. The quantitative estimate of drug-likeness (QED) is 0.308. The summed E-state index contributed by atoms with van der Waals surface area (Å²) in [6, 6.07) is 17.4. The van der Waals surface area contributed by atoms with E-state index in [1.807, 2.05) is 12.2 Å². The van der Waals surface area contributed by atoms with Crippen molar-refractivity contribution in [3.05, 3.63) is 95.1 Å². The summed E-state index contributed by atoms with van der Waals surface area (Å²) >= 11 is 0. The number of anilines is 1. The Balaban J connectivity index is 1.66. The Hall–Kier alpha value is -2.81. The average molecular weight is 421 g/mol. The van der Waals surface area contributed by atoms with Crippen LogP contribution in [0.1, 0.15) is 52.7 Å². The molecular weight excluding hydrogens is 387 g/mol. The largest absolute Gasteiger partial charge is 0.344 e. The topological polar surface area (TPSA) is 6.25 Å². The first-order valence-electron chi connectivity index (χ1n) is 11.7. The van der Waals surface area contributed by atoms with Crippen molar-refractivity contribution in [3.8, 4) is 0 Å². The maximum atomic E-state index is 6.47. The van der Waals surface area contributed by atoms with E-state index in [2.05, 4.69) is 112 Å². The van der Waals surface area contributed by atoms with Crippen LogP contribution in [0.25, 0.3) is 0 Å². The van der Waals surface area contributed by atoms with Gasteiger partial charge in [0.1, 0.15) is 14.4 Å². The first-order valence-corrected chi connectivity index (χ1v) is 11.7. The van der Waals surface area contributed by atoms with Crippen molar-refractivity contribution in [2.24, 2.45) is 0 Å². The Bertz CT molecular complexity index is 1160. The van der Waals surface area contributed by atoms with E-state index in [0.717, 1.165) is 18.6 Å². The van der Waals surface area contributed by atoms with E-state index in [1.54, 1.807) is 0 Å². The number of hydrogen-bond acceptors (Lipinski definition) is 1. The van der Waals surface area contributed by atoms with Gasteiger partial charge in [-0.05, 0) is 45.4 Å². The van der Waals surface area contributed by atoms with Gasteiger partial charge >= 0.3 is 0 Å². The second kappa shape index (κ2) is 8.28. The Morgan fingerprint density at radius 3 is 2.28 bits per heavy atom. The molecule has 0 saturated carbocycles. The molecule has 0 amide bonds. The summed E-state index contributed by atoms with van der Waals surface area (Å²) in [5.41, 5.74) is 8.58. The van der Waals surface area contributed by atoms with E-state index in [0.29, 0.717) is 0 Å². The van der Waals surface area contributed by atoms with Gasteiger partial charge in [0.2, 0.25) is 5.69 Å². The molecule has 0 spiro atoms. The summed E-state index contributed by atoms with van der Waals surface area (Å²) < 4.78 is 2.40. The number of benzene rings is 2. The smallest absolute Gasteiger partial charge is 0.209 e. The van der Waals surface area contributed by atoms with Crippen LogP contribution in [0.3, 0.4) is 0 Å². The molecule has 2 aliphatic heterocycles. The molecule has 2 radical (unpaired) electrons. The fraction of sp³-hybridized carbons (Fsp3) is 0.345. The number of rotatable bonds is 5. The zero-order valence-corrected chi connectivity index (χ0v) is 20.3. The van der Waals surface area contributed by atoms with Gasteiger partial charge in [0.15, 0.2) is 5.71 Å². The van der Waals surface area contributed by atoms with Crippen LogP contribution in [0.15, 0.2) is 84.0 Å². The Kier molecular flexibility index (Phi) is 5.79. The minimum Gasteiger partial charge on any atom is -0.344 e. The van der Waals surface area contributed by atoms with Crippen LogP contribution >= 0.6 is 0 Å². The minimum atomic E-state index is -0.0457. The van der Waals surface area contributed by atoms with Crippen LogP contribution in [0.5, 0.6) is 0 Å². The van der Waals surface area contributed by atoms with Crippen LogP contribution in [0.4, 0.5) is 11.4 Å². The third-order valence-electron chi connectivity index (χ3n) is 7.10. The van der Waals surface area contributed by atoms with Gasteiger partial charge in [-0.3, -0.25) is 0 Å². The predicted molar refractivity (Wildman–Crippen MR) is 138 cm³/mol. The van der Waals surface area contributed by atoms with Crippen LogP contribution < -0.4 is 4.90 Å². The molecule has 32 heavy (non-hydrogen) atoms. The molecule has 0 atom stereocenters. The number of para-hydroxylation sites is 2. The van der Waals surface area contributed by atoms with Gasteiger partial charge in [0.05, 0.1) is 5.41 Å². The summed E-state index contributed by atoms with van der Waals surface area (Å²) in [7, 11) is 6.47. The van der Waals surface area contributed by atoms with E-state index in [4.69, 9.17) is 7.85 Å². The molecule has 2 aromatic rings. The van der Waals surface area contributed by atoms with Crippen molar-refractivity contribution in [2.75, 3.05) is 18.0 Å². The third kappa shape index (κ3) is 3.48. The van der Waals surface area contributed by atoms with Crippen molar-refractivity contribution in [3.63, 3.8) is 0 Å². The first kappa shape index (κ1) is 22.4. The standard InChI is InChI=1S/C29H34BN2/c1-7-31-24-15-11-9-13-22(24)28(3,4)26(31)19-17-21(30)18-20-27-29(5,6)23-14-10-12-16-25(23)32(27)8-2/h9-20H,7-8H2,1-6H3/q+1. The molecule has 0 aliphatic carbocycles. The zero-order valence-electron chi connectivity index (χ0n) is 20.3. The fourth-order valence-electron chi connectivity index (χ4n) is 5.37. The number of allylic oxidation sites excluding steroid dienone is 6. The summed E-state index contributed by atoms with van der Waals surface area (Å²) in [6.45, 7) is 15.4. The summed E-state index contributed by atoms with van der Waals surface area (Å²) in [5.74, 6) is 0. The lowest BCUT2D eigenvalue weighted by molar-refractivity contribution is -0.433. The maximum absolute atomic E-state index is 6.47. The SMILES string of the molecule is [B]C(/C=C/C1=[N+](CC)c2ccccc2C1(C)C)=C\C=C1\N(CC)c2ccccc2C1(C)C. The van der Waals surface area contributed by atoms with Gasteiger partial charge in [-0.15, -0.1) is 0 Å². The lowest BCUT2D eigenvalue weighted by Gasteiger charge is -2.26. The van der Waals surface area contributed by atoms with Crippen LogP contribution in [0, 0.1) is 0 Å². The van der Waals surface area contributed by atoms with Crippen LogP contribution in [0.2, 0.25) is 0 Å². The summed E-state index contributed by atoms with van der Waals surface area (Å²) in [5, 5.41) is 0. The lowest BCUT2D eigenvalue weighted by Crippen LogP contribution is -2.27. The molecule has 2 nitrogen and oxygen atoms in total. The number of nitrogens with zero attached hydrogens (tertiary/aromatic N) is 2. The van der Waals surface area contributed by atoms with E-state index in [9.17, 15) is 0 Å². The second-order valence-electron chi connectivity index (χ2n) is 9.71. The van der Waals surface area contributed by atoms with Crippen molar-refractivity contribution >= 4 is 24.9 Å². The molecule has 2 heterocycles. The van der Waals surface area contributed by atoms with Crippen LogP contribution in [-0.4, -0.2) is 31.2 Å². The molecule has 0 aromatic heterocycles. The first-order chi connectivity index (χ1) is 15.2. The Morgan fingerprint density at radius 2 is 1.59 bits per heavy atom. The minimum absolute atomic E-state index is 0.0457. The fourth-order valence-corrected chi connectivity index (χ4v) is 5.37. The lowest BCUT2D eigenvalue weighted by atomic mass is 9.80. The Morgan fingerprint density at radius 1 is 0.938 bits per heavy atom. The molecule has 4 rings (SSSR count). The Labute approximate surface area is 195 Å². The highest BCUT2D eigenvalue weighted by atomic mass is 15.2. The molecule has 0 fully saturated rings. The van der Waals surface area contributed by atoms with Gasteiger partial charge < -0.3 is 4.90 Å². The molecule has 2 aliphatic rings. The highest BCUT2D eigenvalue weighted by molar-refractivity contribution is 6.24. The summed E-state index contributed by atoms with van der Waals surface area (Å²) in [4.78, 5) is 2.40. The van der Waals surface area contributed by atoms with Crippen molar-refractivity contribution in [1.82, 2.24) is 0 Å². The van der Waals surface area contributed by atoms with Gasteiger partial charge in [-0.2, -0.15) is 4.58 Å². The molecular formula is C29H34BN2+. The van der Waals surface area contributed by atoms with Gasteiger partial charge in [-0.25, -0.2) is 0 Å². The number of fused-ring (bicyclic) bond motifs is 2. The molecule has 0 N–H and O–H groups in total. The normalized spacial score (nSPS) is 20.4. The van der Waals surface area contributed by atoms with Gasteiger partial charge in [0.25, 0.3) is 0 Å². The van der Waals surface area contributed by atoms with Gasteiger partial charge in [0, 0.05) is 41.1 Å². The van der Waals surface area contributed by atoms with E-state index in [1.165, 1.54) is 33.9 Å². The highest BCUT2D eigenvalue weighted by Crippen LogP contribution is 2.47. The molecule has 2 aromatic carbocycles. The number of likely N-dealkylation sites (N-methyl/N-ethyl adjacent to an activating group) is 1. The summed E-state index contributed by atoms with van der Waals surface area (Å²) in [6.07, 6.45) is 8.49. The van der Waals surface area contributed by atoms with E-state index in [-0.39, 0.29) is 10.8 Å². The zero-order chi connectivity index (χ0) is 23.1.